The summed E-state index contributed by atoms with van der Waals surface area (Å²) in [5, 5.41) is 10.9. The molecular formula is C24H36N2O6. The van der Waals surface area contributed by atoms with Crippen molar-refractivity contribution in [2.75, 3.05) is 27.3 Å². The van der Waals surface area contributed by atoms with E-state index in [4.69, 9.17) is 14.2 Å². The number of methoxy groups -OCH3 is 2. The Morgan fingerprint density at radius 2 is 1.75 bits per heavy atom. The third-order valence-corrected chi connectivity index (χ3v) is 6.18. The van der Waals surface area contributed by atoms with Crippen LogP contribution in [0.5, 0.6) is 11.5 Å². The summed E-state index contributed by atoms with van der Waals surface area (Å²) in [5.41, 5.74) is 0.817. The predicted molar refractivity (Wildman–Crippen MR) is 120 cm³/mol. The number of β-amino-alcohol motifs (C(OH)–C–C–N with tert-alkyl or cyclic N) is 1. The van der Waals surface area contributed by atoms with E-state index in [1.54, 1.807) is 36.2 Å². The molecule has 1 saturated heterocycles. The molecule has 0 unspecified atom stereocenters. The molecule has 1 N–H and O–H groups in total. The second kappa shape index (κ2) is 9.17. The largest absolute Gasteiger partial charge is 0.496 e. The van der Waals surface area contributed by atoms with Crippen molar-refractivity contribution in [1.82, 2.24) is 9.80 Å². The summed E-state index contributed by atoms with van der Waals surface area (Å²) in [6.45, 7) is 10.5. The van der Waals surface area contributed by atoms with Gasteiger partial charge < -0.3 is 29.1 Å². The van der Waals surface area contributed by atoms with Gasteiger partial charge in [-0.3, -0.25) is 4.79 Å². The van der Waals surface area contributed by atoms with E-state index in [0.29, 0.717) is 36.6 Å². The van der Waals surface area contributed by atoms with Crippen LogP contribution in [0.2, 0.25) is 0 Å². The number of rotatable bonds is 4. The van der Waals surface area contributed by atoms with Crippen molar-refractivity contribution < 1.29 is 28.9 Å². The zero-order chi connectivity index (χ0) is 23.8. The van der Waals surface area contributed by atoms with E-state index in [1.165, 1.54) is 0 Å². The number of benzene rings is 1. The van der Waals surface area contributed by atoms with Crippen LogP contribution in [0.15, 0.2) is 12.1 Å². The summed E-state index contributed by atoms with van der Waals surface area (Å²) < 4.78 is 16.5. The molecule has 1 aromatic rings. The first-order chi connectivity index (χ1) is 15.0. The molecule has 3 atom stereocenters. The summed E-state index contributed by atoms with van der Waals surface area (Å²) in [5.74, 6) is 0.852. The van der Waals surface area contributed by atoms with E-state index in [2.05, 4.69) is 0 Å². The van der Waals surface area contributed by atoms with Crippen LogP contribution < -0.4 is 9.47 Å². The maximum absolute atomic E-state index is 13.6. The monoisotopic (exact) mass is 448 g/mol. The van der Waals surface area contributed by atoms with Crippen LogP contribution >= 0.6 is 0 Å². The van der Waals surface area contributed by atoms with Crippen molar-refractivity contribution in [3.8, 4) is 11.5 Å². The fraction of sp³-hybridized carbons (Fsp3) is 0.667. The van der Waals surface area contributed by atoms with Gasteiger partial charge in [0.25, 0.3) is 0 Å². The molecular weight excluding hydrogens is 412 g/mol. The zero-order valence-electron chi connectivity index (χ0n) is 20.2. The first-order valence-electron chi connectivity index (χ1n) is 11.2. The minimum absolute atomic E-state index is 0.0654. The molecule has 0 radical (unpaired) electrons. The van der Waals surface area contributed by atoms with Crippen LogP contribution in [0.1, 0.15) is 58.3 Å². The molecule has 1 fully saturated rings. The van der Waals surface area contributed by atoms with Crippen LogP contribution in [0.25, 0.3) is 0 Å². The van der Waals surface area contributed by atoms with Gasteiger partial charge in [-0.2, -0.15) is 0 Å². The molecule has 2 aliphatic heterocycles. The van der Waals surface area contributed by atoms with Gasteiger partial charge in [-0.15, -0.1) is 0 Å². The van der Waals surface area contributed by atoms with Gasteiger partial charge in [0.05, 0.1) is 26.7 Å². The standard InChI is InChI=1S/C24H36N2O6/c1-14(2)21-15(10-11-26(21)23(29)32-24(3,4)5)22(28)25-12-16-18(30-6)8-9-19(31-7)20(16)17(27)13-25/h8-9,14-15,17,21,27H,10-13H2,1-7H3/t15-,17-,21-/m1/s1. The number of aliphatic hydroxyl groups is 1. The zero-order valence-corrected chi connectivity index (χ0v) is 20.2. The molecule has 0 saturated carbocycles. The first-order valence-corrected chi connectivity index (χ1v) is 11.2. The first kappa shape index (κ1) is 24.2. The Morgan fingerprint density at radius 3 is 2.31 bits per heavy atom. The van der Waals surface area contributed by atoms with E-state index in [1.807, 2.05) is 34.6 Å². The van der Waals surface area contributed by atoms with E-state index in [9.17, 15) is 14.7 Å². The summed E-state index contributed by atoms with van der Waals surface area (Å²) in [4.78, 5) is 29.8. The van der Waals surface area contributed by atoms with Gasteiger partial charge in [0.2, 0.25) is 5.91 Å². The third-order valence-electron chi connectivity index (χ3n) is 6.18. The summed E-state index contributed by atoms with van der Waals surface area (Å²) in [6.07, 6.45) is -0.703. The number of carbonyl (C=O) groups is 2. The number of hydrogen-bond acceptors (Lipinski definition) is 6. The van der Waals surface area contributed by atoms with Gasteiger partial charge in [-0.25, -0.2) is 4.79 Å². The number of carbonyl (C=O) groups excluding carboxylic acids is 2. The Hall–Kier alpha value is -2.48. The number of likely N-dealkylation sites (tertiary alicyclic amines) is 1. The van der Waals surface area contributed by atoms with Crippen LogP contribution in [0.4, 0.5) is 4.79 Å². The summed E-state index contributed by atoms with van der Waals surface area (Å²) in [7, 11) is 3.13. The molecule has 0 aromatic heterocycles. The quantitative estimate of drug-likeness (QED) is 0.760. The van der Waals surface area contributed by atoms with Crippen LogP contribution in [-0.2, 0) is 16.1 Å². The SMILES string of the molecule is COc1ccc(OC)c2c1CN(C(=O)[C@@H]1CCN(C(=O)OC(C)(C)C)[C@@H]1C(C)C)C[C@H]2O. The summed E-state index contributed by atoms with van der Waals surface area (Å²) >= 11 is 0. The van der Waals surface area contributed by atoms with Gasteiger partial charge in [0.15, 0.2) is 0 Å². The predicted octanol–water partition coefficient (Wildman–Crippen LogP) is 3.36. The molecule has 32 heavy (non-hydrogen) atoms. The van der Waals surface area contributed by atoms with Gasteiger partial charge in [-0.05, 0) is 45.2 Å². The molecule has 2 heterocycles. The van der Waals surface area contributed by atoms with Crippen molar-refractivity contribution in [3.63, 3.8) is 0 Å². The Labute approximate surface area is 190 Å². The molecule has 8 nitrogen and oxygen atoms in total. The van der Waals surface area contributed by atoms with Gasteiger partial charge in [0.1, 0.15) is 23.2 Å². The maximum atomic E-state index is 13.6. The average molecular weight is 449 g/mol. The van der Waals surface area contributed by atoms with Crippen molar-refractivity contribution in [2.45, 2.75) is 65.3 Å². The lowest BCUT2D eigenvalue weighted by atomic mass is 9.88. The topological polar surface area (TPSA) is 88.5 Å². The third kappa shape index (κ3) is 4.65. The highest BCUT2D eigenvalue weighted by Gasteiger charge is 2.46. The highest BCUT2D eigenvalue weighted by molar-refractivity contribution is 5.82. The van der Waals surface area contributed by atoms with Gasteiger partial charge in [0, 0.05) is 30.3 Å². The normalized spacial score (nSPS) is 23.2. The minimum Gasteiger partial charge on any atom is -0.496 e. The number of fused-ring (bicyclic) bond motifs is 1. The van der Waals surface area contributed by atoms with Crippen molar-refractivity contribution in [3.05, 3.63) is 23.3 Å². The lowest BCUT2D eigenvalue weighted by molar-refractivity contribution is -0.139. The number of ether oxygens (including phenoxy) is 3. The molecule has 0 spiro atoms. The Bertz CT molecular complexity index is 863. The lowest BCUT2D eigenvalue weighted by Gasteiger charge is -2.38. The molecule has 1 aromatic carbocycles. The van der Waals surface area contributed by atoms with Gasteiger partial charge in [-0.1, -0.05) is 13.8 Å². The molecule has 8 heteroatoms. The minimum atomic E-state index is -0.881. The Kier molecular flexibility index (Phi) is 6.93. The highest BCUT2D eigenvalue weighted by atomic mass is 16.6. The number of amides is 2. The lowest BCUT2D eigenvalue weighted by Crippen LogP contribution is -2.49. The Morgan fingerprint density at radius 1 is 1.12 bits per heavy atom. The number of nitrogens with zero attached hydrogens (tertiary/aromatic N) is 2. The maximum Gasteiger partial charge on any atom is 0.410 e. The fourth-order valence-electron chi connectivity index (χ4n) is 4.92. The van der Waals surface area contributed by atoms with E-state index in [0.717, 1.165) is 5.56 Å². The molecule has 0 aliphatic carbocycles. The molecule has 2 aliphatic rings. The van der Waals surface area contributed by atoms with Crippen LogP contribution in [0, 0.1) is 11.8 Å². The molecule has 2 amide bonds. The molecule has 178 valence electrons. The van der Waals surface area contributed by atoms with Crippen LogP contribution in [0.3, 0.4) is 0 Å². The number of aliphatic hydroxyl groups excluding tert-OH is 1. The fourth-order valence-corrected chi connectivity index (χ4v) is 4.92. The van der Waals surface area contributed by atoms with E-state index >= 15 is 0 Å². The van der Waals surface area contributed by atoms with Crippen LogP contribution in [-0.4, -0.2) is 65.9 Å². The highest BCUT2D eigenvalue weighted by Crippen LogP contribution is 2.41. The smallest absolute Gasteiger partial charge is 0.410 e. The van der Waals surface area contributed by atoms with Crippen molar-refractivity contribution in [2.24, 2.45) is 11.8 Å². The average Bonchev–Trinajstić information content (AvgIpc) is 3.16. The summed E-state index contributed by atoms with van der Waals surface area (Å²) in [6, 6.07) is 3.29. The van der Waals surface area contributed by atoms with Crippen molar-refractivity contribution >= 4 is 12.0 Å². The van der Waals surface area contributed by atoms with Gasteiger partial charge >= 0.3 is 6.09 Å². The number of hydrogen-bond donors (Lipinski definition) is 1. The second-order valence-electron chi connectivity index (χ2n) is 9.90. The Balaban J connectivity index is 1.85. The van der Waals surface area contributed by atoms with E-state index < -0.39 is 11.7 Å². The van der Waals surface area contributed by atoms with Crippen molar-refractivity contribution in [1.29, 1.82) is 0 Å². The van der Waals surface area contributed by atoms with E-state index in [-0.39, 0.29) is 36.4 Å². The second-order valence-corrected chi connectivity index (χ2v) is 9.90. The molecule has 3 rings (SSSR count). The molecule has 0 bridgehead atoms.